The molecule has 0 radical (unpaired) electrons. The number of rotatable bonds is 6. The third kappa shape index (κ3) is 6.14. The normalized spacial score (nSPS) is 18.4. The average molecular weight is 349 g/mol. The summed E-state index contributed by atoms with van der Waals surface area (Å²) in [5, 5.41) is 16.1. The van der Waals surface area contributed by atoms with E-state index in [2.05, 4.69) is 22.1 Å². The Morgan fingerprint density at radius 1 is 1.36 bits per heavy atom. The van der Waals surface area contributed by atoms with Crippen LogP contribution in [0.25, 0.3) is 0 Å². The van der Waals surface area contributed by atoms with E-state index in [1.807, 2.05) is 6.92 Å². The number of likely N-dealkylation sites (tertiary alicyclic amines) is 1. The molecule has 1 unspecified atom stereocenters. The van der Waals surface area contributed by atoms with Crippen molar-refractivity contribution in [2.75, 3.05) is 26.2 Å². The first-order valence-electron chi connectivity index (χ1n) is 8.66. The quantitative estimate of drug-likeness (QED) is 0.691. The Bertz CT molecular complexity index is 593. The van der Waals surface area contributed by atoms with E-state index >= 15 is 0 Å². The fraction of sp³-hybridized carbons (Fsp3) is 0.526. The lowest BCUT2D eigenvalue weighted by Crippen LogP contribution is -2.50. The number of halogens is 1. The number of benzene rings is 1. The van der Waals surface area contributed by atoms with Crippen molar-refractivity contribution in [1.82, 2.24) is 15.5 Å². The second-order valence-electron chi connectivity index (χ2n) is 7.12. The van der Waals surface area contributed by atoms with E-state index in [1.54, 1.807) is 6.92 Å². The first kappa shape index (κ1) is 19.4. The molecular formula is C19H28FN3O2. The maximum absolute atomic E-state index is 13.0. The van der Waals surface area contributed by atoms with Crippen LogP contribution >= 0.6 is 0 Å². The zero-order valence-corrected chi connectivity index (χ0v) is 15.0. The second kappa shape index (κ2) is 8.45. The Morgan fingerprint density at radius 2 is 1.96 bits per heavy atom. The highest BCUT2D eigenvalue weighted by atomic mass is 19.1. The molecule has 0 spiro atoms. The van der Waals surface area contributed by atoms with E-state index in [9.17, 15) is 14.3 Å². The summed E-state index contributed by atoms with van der Waals surface area (Å²) in [7, 11) is 0. The summed E-state index contributed by atoms with van der Waals surface area (Å²) in [4.78, 5) is 14.4. The van der Waals surface area contributed by atoms with Crippen LogP contribution in [0, 0.1) is 5.82 Å². The maximum atomic E-state index is 13.0. The van der Waals surface area contributed by atoms with Gasteiger partial charge in [0.2, 0.25) is 0 Å². The van der Waals surface area contributed by atoms with Gasteiger partial charge in [-0.1, -0.05) is 24.3 Å². The van der Waals surface area contributed by atoms with E-state index in [-0.39, 0.29) is 24.4 Å². The van der Waals surface area contributed by atoms with Crippen LogP contribution in [0.1, 0.15) is 32.3 Å². The van der Waals surface area contributed by atoms with Gasteiger partial charge in [0.15, 0.2) is 0 Å². The molecule has 1 aromatic rings. The summed E-state index contributed by atoms with van der Waals surface area (Å²) < 4.78 is 13.0. The number of carbonyl (C=O) groups is 1. The number of piperidine rings is 1. The first-order valence-corrected chi connectivity index (χ1v) is 8.66. The van der Waals surface area contributed by atoms with Crippen LogP contribution in [-0.4, -0.2) is 48.3 Å². The predicted octanol–water partition coefficient (Wildman–Crippen LogP) is 2.37. The number of carbonyl (C=O) groups excluding carboxylic acids is 1. The monoisotopic (exact) mass is 349 g/mol. The van der Waals surface area contributed by atoms with Crippen molar-refractivity contribution in [2.24, 2.45) is 0 Å². The molecule has 138 valence electrons. The molecule has 1 fully saturated rings. The predicted molar refractivity (Wildman–Crippen MR) is 96.8 cm³/mol. The zero-order valence-electron chi connectivity index (χ0n) is 15.0. The van der Waals surface area contributed by atoms with Gasteiger partial charge in [0, 0.05) is 25.7 Å². The number of nitrogens with one attached hydrogen (secondary N) is 2. The van der Waals surface area contributed by atoms with Crippen LogP contribution in [0.3, 0.4) is 0 Å². The highest BCUT2D eigenvalue weighted by molar-refractivity contribution is 5.74. The number of hydrogen-bond acceptors (Lipinski definition) is 3. The van der Waals surface area contributed by atoms with Crippen molar-refractivity contribution in [3.05, 3.63) is 47.8 Å². The van der Waals surface area contributed by atoms with Gasteiger partial charge in [-0.05, 0) is 44.4 Å². The zero-order chi connectivity index (χ0) is 18.4. The fourth-order valence-corrected chi connectivity index (χ4v) is 3.02. The van der Waals surface area contributed by atoms with Crippen LogP contribution in [0.2, 0.25) is 0 Å². The molecular weight excluding hydrogens is 321 g/mol. The molecule has 0 aliphatic carbocycles. The number of nitrogens with zero attached hydrogens (tertiary/aromatic N) is 1. The van der Waals surface area contributed by atoms with E-state index in [0.717, 1.165) is 38.0 Å². The van der Waals surface area contributed by atoms with Gasteiger partial charge in [-0.3, -0.25) is 4.90 Å². The largest absolute Gasteiger partial charge is 0.384 e. The van der Waals surface area contributed by atoms with Crippen molar-refractivity contribution in [3.8, 4) is 0 Å². The molecule has 3 N–H and O–H groups in total. The summed E-state index contributed by atoms with van der Waals surface area (Å²) in [6.07, 6.45) is 1.80. The molecule has 1 saturated heterocycles. The van der Waals surface area contributed by atoms with Crippen LogP contribution in [0.5, 0.6) is 0 Å². The lowest BCUT2D eigenvalue weighted by molar-refractivity contribution is 0.0590. The van der Waals surface area contributed by atoms with Crippen molar-refractivity contribution in [1.29, 1.82) is 0 Å². The topological polar surface area (TPSA) is 64.6 Å². The highest BCUT2D eigenvalue weighted by Crippen LogP contribution is 2.20. The van der Waals surface area contributed by atoms with Gasteiger partial charge in [-0.2, -0.15) is 0 Å². The molecule has 2 amide bonds. The van der Waals surface area contributed by atoms with Crippen LogP contribution in [0.4, 0.5) is 9.18 Å². The third-order valence-electron chi connectivity index (χ3n) is 4.48. The van der Waals surface area contributed by atoms with Gasteiger partial charge in [-0.25, -0.2) is 9.18 Å². The van der Waals surface area contributed by atoms with E-state index in [4.69, 9.17) is 0 Å². The number of aliphatic hydroxyl groups is 1. The second-order valence-corrected chi connectivity index (χ2v) is 7.12. The van der Waals surface area contributed by atoms with Gasteiger partial charge < -0.3 is 15.7 Å². The smallest absolute Gasteiger partial charge is 0.315 e. The highest BCUT2D eigenvalue weighted by Gasteiger charge is 2.25. The first-order chi connectivity index (χ1) is 11.8. The third-order valence-corrected chi connectivity index (χ3v) is 4.48. The minimum atomic E-state index is -1.25. The molecule has 25 heavy (non-hydrogen) atoms. The van der Waals surface area contributed by atoms with E-state index in [1.165, 1.54) is 24.3 Å². The molecule has 1 aliphatic heterocycles. The Labute approximate surface area is 148 Å². The molecule has 1 aliphatic rings. The molecule has 6 heteroatoms. The van der Waals surface area contributed by atoms with Crippen molar-refractivity contribution >= 4 is 6.03 Å². The summed E-state index contributed by atoms with van der Waals surface area (Å²) in [5.41, 5.74) is 0.449. The summed E-state index contributed by atoms with van der Waals surface area (Å²) in [6, 6.07) is 5.47. The standard InChI is InChI=1S/C19H28FN3O2/c1-14(2)12-23-10-8-17(9-11-23)22-18(24)21-13-19(3,25)15-4-6-16(20)7-5-15/h4-7,17,25H,1,8-13H2,2-3H3,(H2,21,22,24). The van der Waals surface area contributed by atoms with E-state index in [0.29, 0.717) is 5.56 Å². The Morgan fingerprint density at radius 3 is 2.52 bits per heavy atom. The minimum absolute atomic E-state index is 0.0545. The number of urea groups is 1. The Kier molecular flexibility index (Phi) is 6.56. The Hall–Kier alpha value is -1.92. The van der Waals surface area contributed by atoms with E-state index < -0.39 is 5.60 Å². The summed E-state index contributed by atoms with van der Waals surface area (Å²) >= 11 is 0. The molecule has 0 saturated carbocycles. The summed E-state index contributed by atoms with van der Waals surface area (Å²) in [6.45, 7) is 10.4. The lowest BCUT2D eigenvalue weighted by Gasteiger charge is -2.32. The van der Waals surface area contributed by atoms with Gasteiger partial charge in [0.25, 0.3) is 0 Å². The maximum Gasteiger partial charge on any atom is 0.315 e. The van der Waals surface area contributed by atoms with Crippen LogP contribution < -0.4 is 10.6 Å². The molecule has 1 heterocycles. The Balaban J connectivity index is 1.75. The van der Waals surface area contributed by atoms with Gasteiger partial charge in [-0.15, -0.1) is 0 Å². The molecule has 0 bridgehead atoms. The fourth-order valence-electron chi connectivity index (χ4n) is 3.02. The number of hydrogen-bond donors (Lipinski definition) is 3. The minimum Gasteiger partial charge on any atom is -0.384 e. The molecule has 1 aromatic carbocycles. The van der Waals surface area contributed by atoms with Crippen molar-refractivity contribution in [2.45, 2.75) is 38.3 Å². The molecule has 5 nitrogen and oxygen atoms in total. The molecule has 0 aromatic heterocycles. The van der Waals surface area contributed by atoms with Gasteiger partial charge in [0.1, 0.15) is 11.4 Å². The number of amides is 2. The van der Waals surface area contributed by atoms with Crippen LogP contribution in [-0.2, 0) is 5.60 Å². The van der Waals surface area contributed by atoms with Gasteiger partial charge >= 0.3 is 6.03 Å². The van der Waals surface area contributed by atoms with Crippen molar-refractivity contribution in [3.63, 3.8) is 0 Å². The van der Waals surface area contributed by atoms with Gasteiger partial charge in [0.05, 0.1) is 6.54 Å². The lowest BCUT2D eigenvalue weighted by atomic mass is 9.96. The average Bonchev–Trinajstić information content (AvgIpc) is 2.55. The molecule has 2 rings (SSSR count). The SMILES string of the molecule is C=C(C)CN1CCC(NC(=O)NCC(C)(O)c2ccc(F)cc2)CC1. The summed E-state index contributed by atoms with van der Waals surface area (Å²) in [5.74, 6) is -0.358. The van der Waals surface area contributed by atoms with Crippen molar-refractivity contribution < 1.29 is 14.3 Å². The molecule has 1 atom stereocenters. The van der Waals surface area contributed by atoms with Crippen LogP contribution in [0.15, 0.2) is 36.4 Å².